The second-order valence-corrected chi connectivity index (χ2v) is 8.07. The van der Waals surface area contributed by atoms with Gasteiger partial charge in [-0.25, -0.2) is 15.0 Å². The standard InChI is InChI=1S/C21H16F3N5OS/c1-3-31-20-17(27-15-9-4-5-10-29(15)20)19-26-13-11-25-16-12(18(13)28(19)2)7-6-8-14(16)30-21(22,23)24/h4-11H,3H2,1-2H3. The van der Waals surface area contributed by atoms with E-state index in [-0.39, 0.29) is 11.3 Å². The average molecular weight is 443 g/mol. The Morgan fingerprint density at radius 1 is 1.10 bits per heavy atom. The molecule has 31 heavy (non-hydrogen) atoms. The third-order valence-corrected chi connectivity index (χ3v) is 5.85. The zero-order valence-corrected chi connectivity index (χ0v) is 17.3. The number of rotatable bonds is 4. The summed E-state index contributed by atoms with van der Waals surface area (Å²) in [5.74, 6) is 1.12. The van der Waals surface area contributed by atoms with Crippen molar-refractivity contribution in [2.45, 2.75) is 18.3 Å². The molecule has 4 heterocycles. The van der Waals surface area contributed by atoms with Crippen molar-refractivity contribution in [1.82, 2.24) is 23.9 Å². The molecule has 0 N–H and O–H groups in total. The molecule has 4 aromatic heterocycles. The highest BCUT2D eigenvalue weighted by atomic mass is 32.2. The van der Waals surface area contributed by atoms with Crippen LogP contribution in [0.15, 0.2) is 53.8 Å². The first-order valence-electron chi connectivity index (χ1n) is 9.47. The smallest absolute Gasteiger partial charge is 0.403 e. The van der Waals surface area contributed by atoms with E-state index in [1.807, 2.05) is 40.4 Å². The van der Waals surface area contributed by atoms with E-state index in [1.165, 1.54) is 18.3 Å². The van der Waals surface area contributed by atoms with E-state index in [0.29, 0.717) is 27.9 Å². The molecule has 1 aromatic carbocycles. The van der Waals surface area contributed by atoms with E-state index in [9.17, 15) is 13.2 Å². The minimum Gasteiger partial charge on any atom is -0.403 e. The van der Waals surface area contributed by atoms with Gasteiger partial charge in [0.15, 0.2) is 11.6 Å². The molecule has 158 valence electrons. The molecule has 0 amide bonds. The Hall–Kier alpha value is -3.27. The van der Waals surface area contributed by atoms with Gasteiger partial charge in [-0.2, -0.15) is 0 Å². The Bertz CT molecular complexity index is 1440. The number of thioether (sulfide) groups is 1. The number of para-hydroxylation sites is 1. The number of halogens is 3. The highest BCUT2D eigenvalue weighted by Crippen LogP contribution is 2.36. The lowest BCUT2D eigenvalue weighted by Crippen LogP contribution is -2.17. The summed E-state index contributed by atoms with van der Waals surface area (Å²) >= 11 is 1.65. The maximum absolute atomic E-state index is 12.8. The molecule has 10 heteroatoms. The number of imidazole rings is 2. The number of aryl methyl sites for hydroxylation is 1. The number of hydrogen-bond acceptors (Lipinski definition) is 5. The highest BCUT2D eigenvalue weighted by molar-refractivity contribution is 7.99. The van der Waals surface area contributed by atoms with Crippen molar-refractivity contribution in [2.24, 2.45) is 7.05 Å². The summed E-state index contributed by atoms with van der Waals surface area (Å²) in [5, 5.41) is 1.48. The lowest BCUT2D eigenvalue weighted by Gasteiger charge is -2.11. The highest BCUT2D eigenvalue weighted by Gasteiger charge is 2.32. The van der Waals surface area contributed by atoms with Gasteiger partial charge < -0.3 is 9.30 Å². The number of ether oxygens (including phenoxy) is 1. The molecule has 0 unspecified atom stereocenters. The normalized spacial score (nSPS) is 12.3. The first kappa shape index (κ1) is 19.7. The Kier molecular flexibility index (Phi) is 4.54. The molecule has 0 aliphatic carbocycles. The van der Waals surface area contributed by atoms with Crippen LogP contribution in [0.5, 0.6) is 5.75 Å². The topological polar surface area (TPSA) is 57.2 Å². The number of alkyl halides is 3. The Balaban J connectivity index is 1.77. The summed E-state index contributed by atoms with van der Waals surface area (Å²) in [7, 11) is 1.83. The van der Waals surface area contributed by atoms with Crippen molar-refractivity contribution in [2.75, 3.05) is 5.75 Å². The zero-order valence-electron chi connectivity index (χ0n) is 16.5. The molecule has 0 saturated carbocycles. The molecular weight excluding hydrogens is 427 g/mol. The van der Waals surface area contributed by atoms with Gasteiger partial charge in [0.05, 0.1) is 11.7 Å². The van der Waals surface area contributed by atoms with E-state index < -0.39 is 6.36 Å². The zero-order chi connectivity index (χ0) is 21.8. The van der Waals surface area contributed by atoms with Gasteiger partial charge in [-0.1, -0.05) is 25.1 Å². The van der Waals surface area contributed by atoms with Gasteiger partial charge in [0.25, 0.3) is 0 Å². The molecule has 0 aliphatic rings. The van der Waals surface area contributed by atoms with Gasteiger partial charge in [-0.3, -0.25) is 4.40 Å². The molecule has 0 aliphatic heterocycles. The second-order valence-electron chi connectivity index (χ2n) is 6.81. The summed E-state index contributed by atoms with van der Waals surface area (Å²) in [6.07, 6.45) is -1.39. The summed E-state index contributed by atoms with van der Waals surface area (Å²) < 4.78 is 46.5. The first-order valence-corrected chi connectivity index (χ1v) is 10.5. The molecule has 0 bridgehead atoms. The summed E-state index contributed by atoms with van der Waals surface area (Å²) in [6.45, 7) is 2.06. The molecule has 5 rings (SSSR count). The number of nitrogens with zero attached hydrogens (tertiary/aromatic N) is 5. The lowest BCUT2D eigenvalue weighted by molar-refractivity contribution is -0.274. The van der Waals surface area contributed by atoms with Gasteiger partial charge in [0.1, 0.15) is 27.4 Å². The largest absolute Gasteiger partial charge is 0.573 e. The van der Waals surface area contributed by atoms with Crippen LogP contribution in [0, 0.1) is 0 Å². The fourth-order valence-corrected chi connectivity index (χ4v) is 4.55. The minimum absolute atomic E-state index is 0.125. The number of aromatic nitrogens is 5. The maximum atomic E-state index is 12.8. The van der Waals surface area contributed by atoms with Crippen LogP contribution < -0.4 is 4.74 Å². The van der Waals surface area contributed by atoms with Crippen molar-refractivity contribution in [1.29, 1.82) is 0 Å². The van der Waals surface area contributed by atoms with Crippen LogP contribution in [-0.2, 0) is 7.05 Å². The van der Waals surface area contributed by atoms with Crippen LogP contribution in [0.2, 0.25) is 0 Å². The van der Waals surface area contributed by atoms with Gasteiger partial charge >= 0.3 is 6.36 Å². The van der Waals surface area contributed by atoms with Crippen LogP contribution in [-0.4, -0.2) is 36.0 Å². The van der Waals surface area contributed by atoms with Crippen LogP contribution in [0.25, 0.3) is 39.1 Å². The van der Waals surface area contributed by atoms with E-state index in [0.717, 1.165) is 16.4 Å². The fraction of sp³-hybridized carbons (Fsp3) is 0.190. The summed E-state index contributed by atoms with van der Waals surface area (Å²) in [4.78, 5) is 13.7. The van der Waals surface area contributed by atoms with Crippen LogP contribution in [0.1, 0.15) is 6.92 Å². The first-order chi connectivity index (χ1) is 14.9. The molecule has 6 nitrogen and oxygen atoms in total. The number of hydrogen-bond donors (Lipinski definition) is 0. The molecule has 0 spiro atoms. The number of benzene rings is 1. The molecule has 0 radical (unpaired) electrons. The Morgan fingerprint density at radius 3 is 2.71 bits per heavy atom. The van der Waals surface area contributed by atoms with Gasteiger partial charge in [-0.05, 0) is 24.0 Å². The fourth-order valence-electron chi connectivity index (χ4n) is 3.71. The molecule has 0 atom stereocenters. The Labute approximate surface area is 178 Å². The van der Waals surface area contributed by atoms with Crippen molar-refractivity contribution >= 4 is 39.3 Å². The van der Waals surface area contributed by atoms with Crippen LogP contribution in [0.3, 0.4) is 0 Å². The predicted molar refractivity (Wildman–Crippen MR) is 113 cm³/mol. The van der Waals surface area contributed by atoms with E-state index in [1.54, 1.807) is 17.8 Å². The van der Waals surface area contributed by atoms with Gasteiger partial charge in [0, 0.05) is 18.6 Å². The third-order valence-electron chi connectivity index (χ3n) is 4.90. The summed E-state index contributed by atoms with van der Waals surface area (Å²) in [6, 6.07) is 10.3. The van der Waals surface area contributed by atoms with E-state index in [4.69, 9.17) is 9.97 Å². The molecular formula is C21H16F3N5OS. The third kappa shape index (κ3) is 3.27. The van der Waals surface area contributed by atoms with Gasteiger partial charge in [0.2, 0.25) is 0 Å². The molecule has 0 saturated heterocycles. The van der Waals surface area contributed by atoms with E-state index in [2.05, 4.69) is 16.6 Å². The van der Waals surface area contributed by atoms with Crippen molar-refractivity contribution in [3.05, 3.63) is 48.8 Å². The van der Waals surface area contributed by atoms with Crippen molar-refractivity contribution in [3.8, 4) is 17.3 Å². The number of pyridine rings is 2. The molecule has 5 aromatic rings. The lowest BCUT2D eigenvalue weighted by atomic mass is 10.2. The number of fused-ring (bicyclic) bond motifs is 4. The van der Waals surface area contributed by atoms with Crippen LogP contribution >= 0.6 is 11.8 Å². The Morgan fingerprint density at radius 2 is 1.94 bits per heavy atom. The quantitative estimate of drug-likeness (QED) is 0.346. The minimum atomic E-state index is -4.80. The predicted octanol–water partition coefficient (Wildman–Crippen LogP) is 5.45. The maximum Gasteiger partial charge on any atom is 0.573 e. The monoisotopic (exact) mass is 443 g/mol. The van der Waals surface area contributed by atoms with E-state index >= 15 is 0 Å². The average Bonchev–Trinajstić information content (AvgIpc) is 3.25. The van der Waals surface area contributed by atoms with Crippen molar-refractivity contribution in [3.63, 3.8) is 0 Å². The summed E-state index contributed by atoms with van der Waals surface area (Å²) in [5.41, 5.74) is 2.87. The van der Waals surface area contributed by atoms with Gasteiger partial charge in [-0.15, -0.1) is 24.9 Å². The van der Waals surface area contributed by atoms with Crippen molar-refractivity contribution < 1.29 is 17.9 Å². The molecule has 0 fully saturated rings. The van der Waals surface area contributed by atoms with Crippen LogP contribution in [0.4, 0.5) is 13.2 Å². The SMILES string of the molecule is CCSc1c(-c2nc3cnc4c(OC(F)(F)F)cccc4c3n2C)nc2ccccn12. The second kappa shape index (κ2) is 7.16.